The molecule has 2 rings (SSSR count). The molecule has 3 nitrogen and oxygen atoms in total. The van der Waals surface area contributed by atoms with Crippen molar-refractivity contribution in [1.82, 2.24) is 4.90 Å². The van der Waals surface area contributed by atoms with Crippen LogP contribution in [0.15, 0.2) is 0 Å². The molecule has 0 atom stereocenters. The molecule has 0 radical (unpaired) electrons. The van der Waals surface area contributed by atoms with Crippen LogP contribution < -0.4 is 5.73 Å². The van der Waals surface area contributed by atoms with E-state index in [2.05, 4.69) is 0 Å². The van der Waals surface area contributed by atoms with Gasteiger partial charge in [-0.2, -0.15) is 0 Å². The topological polar surface area (TPSA) is 46.3 Å². The van der Waals surface area contributed by atoms with E-state index in [1.54, 1.807) is 0 Å². The predicted octanol–water partition coefficient (Wildman–Crippen LogP) is 2.15. The van der Waals surface area contributed by atoms with Gasteiger partial charge in [0, 0.05) is 25.6 Å². The lowest BCUT2D eigenvalue weighted by Gasteiger charge is -2.34. The number of hydrogen-bond acceptors (Lipinski definition) is 2. The van der Waals surface area contributed by atoms with Crippen molar-refractivity contribution in [3.05, 3.63) is 0 Å². The molecule has 2 saturated carbocycles. The summed E-state index contributed by atoms with van der Waals surface area (Å²) in [4.78, 5) is 13.9. The molecule has 2 aliphatic rings. The molecular formula is C14H26N2O. The summed E-state index contributed by atoms with van der Waals surface area (Å²) in [5.41, 5.74) is 5.73. The average molecular weight is 238 g/mol. The highest BCUT2D eigenvalue weighted by atomic mass is 16.2. The fourth-order valence-corrected chi connectivity index (χ4v) is 3.14. The number of carbonyl (C=O) groups excluding carboxylic acids is 1. The summed E-state index contributed by atoms with van der Waals surface area (Å²) in [7, 11) is 1.95. The lowest BCUT2D eigenvalue weighted by Crippen LogP contribution is -2.46. The molecule has 2 N–H and O–H groups in total. The summed E-state index contributed by atoms with van der Waals surface area (Å²) >= 11 is 0. The molecule has 0 aromatic rings. The monoisotopic (exact) mass is 238 g/mol. The highest BCUT2D eigenvalue weighted by Crippen LogP contribution is 2.29. The summed E-state index contributed by atoms with van der Waals surface area (Å²) < 4.78 is 0. The first-order chi connectivity index (χ1) is 8.16. The van der Waals surface area contributed by atoms with E-state index in [1.807, 2.05) is 11.9 Å². The zero-order chi connectivity index (χ0) is 12.3. The van der Waals surface area contributed by atoms with Crippen molar-refractivity contribution in [3.63, 3.8) is 0 Å². The van der Waals surface area contributed by atoms with Gasteiger partial charge >= 0.3 is 0 Å². The Balaban J connectivity index is 1.65. The van der Waals surface area contributed by atoms with Crippen LogP contribution in [0.25, 0.3) is 0 Å². The highest BCUT2D eigenvalue weighted by Gasteiger charge is 2.33. The zero-order valence-electron chi connectivity index (χ0n) is 11.0. The summed E-state index contributed by atoms with van der Waals surface area (Å²) in [5, 5.41) is 0. The van der Waals surface area contributed by atoms with Crippen LogP contribution in [0.5, 0.6) is 0 Å². The Bertz CT molecular complexity index is 255. The molecule has 2 fully saturated rings. The molecular weight excluding hydrogens is 212 g/mol. The minimum Gasteiger partial charge on any atom is -0.346 e. The van der Waals surface area contributed by atoms with Crippen molar-refractivity contribution in [2.45, 2.75) is 57.4 Å². The van der Waals surface area contributed by atoms with Crippen LogP contribution in [0.1, 0.15) is 51.4 Å². The Kier molecular flexibility index (Phi) is 4.43. The first kappa shape index (κ1) is 12.9. The van der Waals surface area contributed by atoms with Crippen LogP contribution in [0.3, 0.4) is 0 Å². The number of nitrogens with two attached hydrogens (primary N) is 1. The van der Waals surface area contributed by atoms with E-state index < -0.39 is 0 Å². The van der Waals surface area contributed by atoms with Crippen LogP contribution in [0.4, 0.5) is 0 Å². The molecule has 2 aliphatic carbocycles. The standard InChI is InChI=1S/C14H26N2O/c1-16(14(17)12-9-13(15)10-12)8-7-11-5-3-2-4-6-11/h11-13H,2-10,15H2,1H3. The Morgan fingerprint density at radius 1 is 1.24 bits per heavy atom. The minimum atomic E-state index is 0.223. The van der Waals surface area contributed by atoms with E-state index in [1.165, 1.54) is 38.5 Å². The van der Waals surface area contributed by atoms with Gasteiger partial charge in [0.05, 0.1) is 0 Å². The maximum Gasteiger partial charge on any atom is 0.225 e. The van der Waals surface area contributed by atoms with Gasteiger partial charge in [0.1, 0.15) is 0 Å². The van der Waals surface area contributed by atoms with Crippen LogP contribution in [-0.4, -0.2) is 30.4 Å². The molecule has 98 valence electrons. The Morgan fingerprint density at radius 3 is 2.47 bits per heavy atom. The van der Waals surface area contributed by atoms with Crippen LogP contribution in [0, 0.1) is 11.8 Å². The van der Waals surface area contributed by atoms with Gasteiger partial charge in [-0.25, -0.2) is 0 Å². The maximum absolute atomic E-state index is 12.0. The Morgan fingerprint density at radius 2 is 1.88 bits per heavy atom. The zero-order valence-corrected chi connectivity index (χ0v) is 11.0. The summed E-state index contributed by atoms with van der Waals surface area (Å²) in [6, 6.07) is 0.274. The second-order valence-electron chi connectivity index (χ2n) is 5.98. The molecule has 1 amide bonds. The van der Waals surface area contributed by atoms with Crippen molar-refractivity contribution in [1.29, 1.82) is 0 Å². The summed E-state index contributed by atoms with van der Waals surface area (Å²) in [5.74, 6) is 1.41. The van der Waals surface area contributed by atoms with E-state index in [0.717, 1.165) is 25.3 Å². The fourth-order valence-electron chi connectivity index (χ4n) is 3.14. The third kappa shape index (κ3) is 3.44. The number of rotatable bonds is 4. The molecule has 0 heterocycles. The predicted molar refractivity (Wildman–Crippen MR) is 69.5 cm³/mol. The van der Waals surface area contributed by atoms with E-state index in [0.29, 0.717) is 5.91 Å². The first-order valence-electron chi connectivity index (χ1n) is 7.17. The number of amides is 1. The van der Waals surface area contributed by atoms with Crippen molar-refractivity contribution in [2.24, 2.45) is 17.6 Å². The molecule has 0 spiro atoms. The quantitative estimate of drug-likeness (QED) is 0.815. The van der Waals surface area contributed by atoms with E-state index >= 15 is 0 Å². The van der Waals surface area contributed by atoms with E-state index in [4.69, 9.17) is 5.73 Å². The number of carbonyl (C=O) groups is 1. The van der Waals surface area contributed by atoms with Crippen molar-refractivity contribution in [3.8, 4) is 0 Å². The summed E-state index contributed by atoms with van der Waals surface area (Å²) in [6.45, 7) is 0.940. The largest absolute Gasteiger partial charge is 0.346 e. The average Bonchev–Trinajstić information content (AvgIpc) is 2.32. The molecule has 3 heteroatoms. The highest BCUT2D eigenvalue weighted by molar-refractivity contribution is 5.79. The fraction of sp³-hybridized carbons (Fsp3) is 0.929. The lowest BCUT2D eigenvalue weighted by molar-refractivity contribution is -0.137. The molecule has 17 heavy (non-hydrogen) atoms. The third-order valence-corrected chi connectivity index (χ3v) is 4.50. The molecule has 0 aromatic carbocycles. The van der Waals surface area contributed by atoms with Gasteiger partial charge < -0.3 is 10.6 Å². The van der Waals surface area contributed by atoms with Crippen molar-refractivity contribution >= 4 is 5.91 Å². The second-order valence-corrected chi connectivity index (χ2v) is 5.98. The molecule has 0 unspecified atom stereocenters. The Hall–Kier alpha value is -0.570. The third-order valence-electron chi connectivity index (χ3n) is 4.50. The normalized spacial score (nSPS) is 29.8. The van der Waals surface area contributed by atoms with Gasteiger partial charge in [0.15, 0.2) is 0 Å². The number of hydrogen-bond donors (Lipinski definition) is 1. The summed E-state index contributed by atoms with van der Waals surface area (Å²) in [6.07, 6.45) is 9.91. The smallest absolute Gasteiger partial charge is 0.225 e. The van der Waals surface area contributed by atoms with Crippen molar-refractivity contribution < 1.29 is 4.79 Å². The van der Waals surface area contributed by atoms with Crippen LogP contribution in [0.2, 0.25) is 0 Å². The van der Waals surface area contributed by atoms with Gasteiger partial charge in [-0.05, 0) is 25.2 Å². The Labute approximate surface area is 105 Å². The number of nitrogens with zero attached hydrogens (tertiary/aromatic N) is 1. The van der Waals surface area contributed by atoms with E-state index in [-0.39, 0.29) is 12.0 Å². The lowest BCUT2D eigenvalue weighted by atomic mass is 9.80. The van der Waals surface area contributed by atoms with Gasteiger partial charge in [0.25, 0.3) is 0 Å². The molecule has 0 saturated heterocycles. The van der Waals surface area contributed by atoms with Gasteiger partial charge in [0.2, 0.25) is 5.91 Å². The van der Waals surface area contributed by atoms with Gasteiger partial charge in [-0.15, -0.1) is 0 Å². The van der Waals surface area contributed by atoms with Gasteiger partial charge in [-0.1, -0.05) is 32.1 Å². The first-order valence-corrected chi connectivity index (χ1v) is 7.17. The second kappa shape index (κ2) is 5.85. The molecule has 0 aliphatic heterocycles. The SMILES string of the molecule is CN(CCC1CCCCC1)C(=O)C1CC(N)C1. The van der Waals surface area contributed by atoms with Gasteiger partial charge in [-0.3, -0.25) is 4.79 Å². The minimum absolute atomic E-state index is 0.223. The van der Waals surface area contributed by atoms with Crippen LogP contribution >= 0.6 is 0 Å². The van der Waals surface area contributed by atoms with Crippen LogP contribution in [-0.2, 0) is 4.79 Å². The van der Waals surface area contributed by atoms with E-state index in [9.17, 15) is 4.79 Å². The molecule has 0 aromatic heterocycles. The maximum atomic E-state index is 12.0. The molecule has 0 bridgehead atoms. The van der Waals surface area contributed by atoms with Crippen molar-refractivity contribution in [2.75, 3.05) is 13.6 Å².